The zero-order valence-corrected chi connectivity index (χ0v) is 13.1. The van der Waals surface area contributed by atoms with E-state index in [1.165, 1.54) is 11.1 Å². The van der Waals surface area contributed by atoms with E-state index in [4.69, 9.17) is 11.6 Å². The van der Waals surface area contributed by atoms with E-state index in [2.05, 4.69) is 17.4 Å². The summed E-state index contributed by atoms with van der Waals surface area (Å²) >= 11 is 6.04. The second-order valence-corrected chi connectivity index (χ2v) is 6.38. The summed E-state index contributed by atoms with van der Waals surface area (Å²) in [6, 6.07) is 10.4. The fourth-order valence-electron chi connectivity index (χ4n) is 3.13. The molecule has 1 nitrogen and oxygen atoms in total. The molecule has 3 heteroatoms. The summed E-state index contributed by atoms with van der Waals surface area (Å²) in [5.41, 5.74) is 5.29. The van der Waals surface area contributed by atoms with Crippen molar-refractivity contribution >= 4 is 11.6 Å². The predicted octanol–water partition coefficient (Wildman–Crippen LogP) is 4.35. The number of rotatable bonds is 3. The lowest BCUT2D eigenvalue weighted by atomic mass is 10.1. The number of halogens is 2. The molecule has 1 unspecified atom stereocenters. The van der Waals surface area contributed by atoms with Crippen LogP contribution in [0.4, 0.5) is 4.39 Å². The zero-order chi connectivity index (χ0) is 15.0. The van der Waals surface area contributed by atoms with E-state index in [9.17, 15) is 4.39 Å². The molecule has 21 heavy (non-hydrogen) atoms. The third-order valence-electron chi connectivity index (χ3n) is 4.19. The highest BCUT2D eigenvalue weighted by Gasteiger charge is 2.21. The molecule has 0 bridgehead atoms. The third-order valence-corrected chi connectivity index (χ3v) is 4.43. The lowest BCUT2D eigenvalue weighted by Gasteiger charge is -2.13. The van der Waals surface area contributed by atoms with Crippen LogP contribution in [0.15, 0.2) is 30.3 Å². The zero-order valence-electron chi connectivity index (χ0n) is 12.3. The van der Waals surface area contributed by atoms with Crippen LogP contribution in [-0.4, -0.2) is 6.04 Å². The van der Waals surface area contributed by atoms with Crippen molar-refractivity contribution in [3.63, 3.8) is 0 Å². The standard InChI is InChI=1S/C18H19ClFN/c1-11-5-13(6-12(2)18(11)20)10-21-17-8-14-3-4-16(19)7-15(14)9-17/h3-7,17,21H,8-10H2,1-2H3. The minimum atomic E-state index is -0.0957. The summed E-state index contributed by atoms with van der Waals surface area (Å²) in [6.45, 7) is 4.41. The second-order valence-electron chi connectivity index (χ2n) is 5.94. The van der Waals surface area contributed by atoms with Gasteiger partial charge in [-0.05, 0) is 66.6 Å². The fraction of sp³-hybridized carbons (Fsp3) is 0.333. The van der Waals surface area contributed by atoms with Gasteiger partial charge in [0, 0.05) is 17.6 Å². The number of fused-ring (bicyclic) bond motifs is 1. The van der Waals surface area contributed by atoms with Crippen LogP contribution in [0.3, 0.4) is 0 Å². The third kappa shape index (κ3) is 3.12. The van der Waals surface area contributed by atoms with Crippen molar-refractivity contribution in [3.8, 4) is 0 Å². The Balaban J connectivity index is 1.65. The molecule has 0 amide bonds. The smallest absolute Gasteiger partial charge is 0.129 e. The molecule has 1 aliphatic rings. The normalized spacial score (nSPS) is 17.0. The van der Waals surface area contributed by atoms with E-state index in [1.54, 1.807) is 0 Å². The Morgan fingerprint density at radius 2 is 1.76 bits per heavy atom. The maximum atomic E-state index is 13.6. The minimum absolute atomic E-state index is 0.0957. The Hall–Kier alpha value is -1.38. The van der Waals surface area contributed by atoms with Gasteiger partial charge in [0.2, 0.25) is 0 Å². The van der Waals surface area contributed by atoms with Gasteiger partial charge >= 0.3 is 0 Å². The maximum Gasteiger partial charge on any atom is 0.129 e. The topological polar surface area (TPSA) is 12.0 Å². The molecule has 1 atom stereocenters. The second kappa shape index (κ2) is 5.78. The van der Waals surface area contributed by atoms with Crippen molar-refractivity contribution in [3.05, 3.63) is 69.0 Å². The molecule has 0 spiro atoms. The largest absolute Gasteiger partial charge is 0.309 e. The van der Waals surface area contributed by atoms with Gasteiger partial charge in [-0.15, -0.1) is 0 Å². The molecule has 110 valence electrons. The van der Waals surface area contributed by atoms with Crippen LogP contribution in [0.25, 0.3) is 0 Å². The van der Waals surface area contributed by atoms with Crippen molar-refractivity contribution < 1.29 is 4.39 Å². The van der Waals surface area contributed by atoms with E-state index < -0.39 is 0 Å². The number of hydrogen-bond donors (Lipinski definition) is 1. The average Bonchev–Trinajstić information content (AvgIpc) is 2.84. The first kappa shape index (κ1) is 14.6. The molecule has 0 saturated heterocycles. The Morgan fingerprint density at radius 1 is 1.10 bits per heavy atom. The Bertz CT molecular complexity index is 658. The summed E-state index contributed by atoms with van der Waals surface area (Å²) in [6.07, 6.45) is 2.04. The molecule has 2 aromatic carbocycles. The van der Waals surface area contributed by atoms with E-state index in [0.717, 1.165) is 30.0 Å². The maximum absolute atomic E-state index is 13.6. The molecule has 0 fully saturated rings. The summed E-state index contributed by atoms with van der Waals surface area (Å²) in [4.78, 5) is 0. The van der Waals surface area contributed by atoms with Crippen molar-refractivity contribution in [2.75, 3.05) is 0 Å². The van der Waals surface area contributed by atoms with Gasteiger partial charge in [0.05, 0.1) is 0 Å². The molecule has 3 rings (SSSR count). The van der Waals surface area contributed by atoms with Gasteiger partial charge in [-0.2, -0.15) is 0 Å². The Morgan fingerprint density at radius 3 is 2.48 bits per heavy atom. The molecule has 0 aromatic heterocycles. The molecular formula is C18H19ClFN. The molecule has 1 N–H and O–H groups in total. The summed E-state index contributed by atoms with van der Waals surface area (Å²) in [5.74, 6) is -0.0957. The molecule has 2 aromatic rings. The average molecular weight is 304 g/mol. The minimum Gasteiger partial charge on any atom is -0.309 e. The van der Waals surface area contributed by atoms with Gasteiger partial charge in [0.25, 0.3) is 0 Å². The first-order valence-electron chi connectivity index (χ1n) is 7.29. The first-order valence-corrected chi connectivity index (χ1v) is 7.67. The van der Waals surface area contributed by atoms with Crippen LogP contribution in [0.5, 0.6) is 0 Å². The van der Waals surface area contributed by atoms with Crippen molar-refractivity contribution in [2.45, 2.75) is 39.3 Å². The van der Waals surface area contributed by atoms with E-state index in [-0.39, 0.29) is 5.82 Å². The van der Waals surface area contributed by atoms with E-state index in [0.29, 0.717) is 17.2 Å². The van der Waals surface area contributed by atoms with Crippen LogP contribution >= 0.6 is 11.6 Å². The molecular weight excluding hydrogens is 285 g/mol. The fourth-order valence-corrected chi connectivity index (χ4v) is 3.33. The van der Waals surface area contributed by atoms with Gasteiger partial charge in [0.1, 0.15) is 5.82 Å². The number of nitrogens with one attached hydrogen (secondary N) is 1. The van der Waals surface area contributed by atoms with Crippen molar-refractivity contribution in [2.24, 2.45) is 0 Å². The van der Waals surface area contributed by atoms with Gasteiger partial charge in [-0.25, -0.2) is 4.39 Å². The van der Waals surface area contributed by atoms with Gasteiger partial charge in [0.15, 0.2) is 0 Å². The summed E-state index contributed by atoms with van der Waals surface area (Å²) in [7, 11) is 0. The first-order chi connectivity index (χ1) is 10.0. The monoisotopic (exact) mass is 303 g/mol. The van der Waals surface area contributed by atoms with Crippen molar-refractivity contribution in [1.29, 1.82) is 0 Å². The summed E-state index contributed by atoms with van der Waals surface area (Å²) < 4.78 is 13.6. The highest BCUT2D eigenvalue weighted by molar-refractivity contribution is 6.30. The highest BCUT2D eigenvalue weighted by Crippen LogP contribution is 2.25. The van der Waals surface area contributed by atoms with E-state index >= 15 is 0 Å². The van der Waals surface area contributed by atoms with Crippen molar-refractivity contribution in [1.82, 2.24) is 5.32 Å². The molecule has 1 aliphatic carbocycles. The number of benzene rings is 2. The van der Waals surface area contributed by atoms with Crippen LogP contribution in [0.1, 0.15) is 27.8 Å². The van der Waals surface area contributed by atoms with Crippen LogP contribution in [-0.2, 0) is 19.4 Å². The van der Waals surface area contributed by atoms with Gasteiger partial charge in [-0.1, -0.05) is 29.8 Å². The van der Waals surface area contributed by atoms with Crippen LogP contribution < -0.4 is 5.32 Å². The highest BCUT2D eigenvalue weighted by atomic mass is 35.5. The number of hydrogen-bond acceptors (Lipinski definition) is 1. The molecule has 0 saturated carbocycles. The van der Waals surface area contributed by atoms with Gasteiger partial charge in [-0.3, -0.25) is 0 Å². The number of aryl methyl sites for hydroxylation is 2. The molecule has 0 radical (unpaired) electrons. The van der Waals surface area contributed by atoms with Crippen LogP contribution in [0.2, 0.25) is 5.02 Å². The molecule has 0 aliphatic heterocycles. The Labute approximate surface area is 130 Å². The lowest BCUT2D eigenvalue weighted by molar-refractivity contribution is 0.531. The SMILES string of the molecule is Cc1cc(CNC2Cc3ccc(Cl)cc3C2)cc(C)c1F. The quantitative estimate of drug-likeness (QED) is 0.889. The summed E-state index contributed by atoms with van der Waals surface area (Å²) in [5, 5.41) is 4.38. The van der Waals surface area contributed by atoms with Crippen LogP contribution in [0, 0.1) is 19.7 Å². The predicted molar refractivity (Wildman–Crippen MR) is 85.4 cm³/mol. The Kier molecular flexibility index (Phi) is 4.01. The molecule has 0 heterocycles. The lowest BCUT2D eigenvalue weighted by Crippen LogP contribution is -2.29. The van der Waals surface area contributed by atoms with Gasteiger partial charge < -0.3 is 5.32 Å². The van der Waals surface area contributed by atoms with E-state index in [1.807, 2.05) is 32.0 Å².